The monoisotopic (exact) mass is 455 g/mol. The Morgan fingerprint density at radius 1 is 1.11 bits per heavy atom. The van der Waals surface area contributed by atoms with Gasteiger partial charge in [0.05, 0.1) is 25.1 Å². The molecule has 0 N–H and O–H groups in total. The summed E-state index contributed by atoms with van der Waals surface area (Å²) in [7, 11) is 0. The van der Waals surface area contributed by atoms with Crippen LogP contribution in [0.2, 0.25) is 0 Å². The van der Waals surface area contributed by atoms with E-state index in [2.05, 4.69) is 32.1 Å². The van der Waals surface area contributed by atoms with E-state index in [1.165, 1.54) is 27.7 Å². The second-order valence-electron chi connectivity index (χ2n) is 5.84. The highest BCUT2D eigenvalue weighted by atomic mass is 79.9. The Balaban J connectivity index is 1.76. The van der Waals surface area contributed by atoms with Gasteiger partial charge in [-0.05, 0) is 58.2 Å². The van der Waals surface area contributed by atoms with Gasteiger partial charge in [-0.1, -0.05) is 47.7 Å². The number of carbonyl (C=O) groups is 1. The highest BCUT2D eigenvalue weighted by molar-refractivity contribution is 9.11. The minimum Gasteiger partial charge on any atom is -0.266 e. The summed E-state index contributed by atoms with van der Waals surface area (Å²) in [6.45, 7) is 2.04. The number of aromatic nitrogens is 1. The maximum atomic E-state index is 13.1. The largest absolute Gasteiger partial charge is 0.290 e. The smallest absolute Gasteiger partial charge is 0.266 e. The summed E-state index contributed by atoms with van der Waals surface area (Å²) < 4.78 is 1.93. The Morgan fingerprint density at radius 2 is 1.93 bits per heavy atom. The van der Waals surface area contributed by atoms with Crippen molar-refractivity contribution in [2.75, 3.05) is 5.01 Å². The van der Waals surface area contributed by atoms with Crippen molar-refractivity contribution in [3.63, 3.8) is 0 Å². The summed E-state index contributed by atoms with van der Waals surface area (Å²) in [4.78, 5) is 18.3. The van der Waals surface area contributed by atoms with Crippen molar-refractivity contribution in [1.82, 2.24) is 4.98 Å². The Bertz CT molecular complexity index is 1130. The van der Waals surface area contributed by atoms with Crippen LogP contribution in [0.25, 0.3) is 10.2 Å². The topological polar surface area (TPSA) is 45.6 Å². The first-order valence-electron chi connectivity index (χ1n) is 8.16. The molecule has 0 saturated heterocycles. The third-order valence-electron chi connectivity index (χ3n) is 3.81. The Labute approximate surface area is 172 Å². The summed E-state index contributed by atoms with van der Waals surface area (Å²) in [5.41, 5.74) is 2.94. The number of benzene rings is 2. The molecular weight excluding hydrogens is 442 g/mol. The number of hydrogen-bond acceptors (Lipinski definition) is 5. The summed E-state index contributed by atoms with van der Waals surface area (Å²) >= 11 is 6.25. The van der Waals surface area contributed by atoms with Gasteiger partial charge in [-0.3, -0.25) is 4.79 Å². The number of aryl methyl sites for hydroxylation is 1. The Kier molecular flexibility index (Phi) is 5.15. The lowest BCUT2D eigenvalue weighted by molar-refractivity contribution is 0.0991. The molecule has 0 aliphatic rings. The van der Waals surface area contributed by atoms with Crippen molar-refractivity contribution in [2.45, 2.75) is 6.92 Å². The van der Waals surface area contributed by atoms with Gasteiger partial charge in [0.1, 0.15) is 0 Å². The van der Waals surface area contributed by atoms with E-state index in [1.54, 1.807) is 12.3 Å². The van der Waals surface area contributed by atoms with Crippen LogP contribution in [-0.2, 0) is 0 Å². The molecule has 0 saturated carbocycles. The quantitative estimate of drug-likeness (QED) is 0.275. The van der Waals surface area contributed by atoms with Crippen LogP contribution in [-0.4, -0.2) is 17.1 Å². The van der Waals surface area contributed by atoms with Gasteiger partial charge in [-0.25, -0.2) is 4.98 Å². The molecule has 0 unspecified atom stereocenters. The van der Waals surface area contributed by atoms with Crippen LogP contribution in [0.4, 0.5) is 5.13 Å². The predicted octanol–water partition coefficient (Wildman–Crippen LogP) is 6.11. The minimum atomic E-state index is -0.200. The van der Waals surface area contributed by atoms with Crippen LogP contribution in [0, 0.1) is 6.92 Å². The average molecular weight is 456 g/mol. The molecule has 7 heteroatoms. The number of nitrogens with zero attached hydrogens (tertiary/aromatic N) is 3. The zero-order chi connectivity index (χ0) is 18.8. The Hall–Kier alpha value is -2.35. The van der Waals surface area contributed by atoms with E-state index in [1.807, 2.05) is 55.5 Å². The maximum Gasteiger partial charge on any atom is 0.290 e. The number of hydrogen-bond donors (Lipinski definition) is 0. The van der Waals surface area contributed by atoms with Gasteiger partial charge >= 0.3 is 0 Å². The molecule has 0 spiro atoms. The van der Waals surface area contributed by atoms with Crippen molar-refractivity contribution in [2.24, 2.45) is 5.10 Å². The molecule has 2 aromatic carbocycles. The number of carbonyl (C=O) groups excluding carboxylic acids is 1. The molecule has 2 aromatic heterocycles. The first kappa shape index (κ1) is 18.0. The lowest BCUT2D eigenvalue weighted by Crippen LogP contribution is -2.24. The highest BCUT2D eigenvalue weighted by Gasteiger charge is 2.22. The zero-order valence-electron chi connectivity index (χ0n) is 14.3. The standard InChI is InChI=1S/C20H14BrN3OS2/c1-13-7-8-15-17(11-13)27-20(23-15)24(19(25)16-9-10-18(21)26-16)22-12-14-5-3-2-4-6-14/h2-12H,1H3/b22-12+. The van der Waals surface area contributed by atoms with E-state index in [4.69, 9.17) is 0 Å². The van der Waals surface area contributed by atoms with Gasteiger partial charge < -0.3 is 0 Å². The van der Waals surface area contributed by atoms with Crippen LogP contribution < -0.4 is 5.01 Å². The first-order chi connectivity index (χ1) is 13.1. The highest BCUT2D eigenvalue weighted by Crippen LogP contribution is 2.32. The second kappa shape index (κ2) is 7.72. The molecule has 2 heterocycles. The summed E-state index contributed by atoms with van der Waals surface area (Å²) in [6.07, 6.45) is 1.68. The molecule has 0 aliphatic heterocycles. The van der Waals surface area contributed by atoms with Crippen molar-refractivity contribution in [3.05, 3.63) is 80.5 Å². The molecule has 27 heavy (non-hydrogen) atoms. The Morgan fingerprint density at radius 3 is 2.67 bits per heavy atom. The molecule has 0 radical (unpaired) electrons. The lowest BCUT2D eigenvalue weighted by Gasteiger charge is -2.12. The van der Waals surface area contributed by atoms with Gasteiger partial charge in [0, 0.05) is 0 Å². The molecule has 0 aliphatic carbocycles. The van der Waals surface area contributed by atoms with Gasteiger partial charge in [-0.15, -0.1) is 11.3 Å². The minimum absolute atomic E-state index is 0.200. The van der Waals surface area contributed by atoms with E-state index < -0.39 is 0 Å². The molecule has 4 nitrogen and oxygen atoms in total. The fourth-order valence-corrected chi connectivity index (χ4v) is 4.83. The average Bonchev–Trinajstić information content (AvgIpc) is 3.28. The first-order valence-corrected chi connectivity index (χ1v) is 10.6. The van der Waals surface area contributed by atoms with Crippen LogP contribution >= 0.6 is 38.6 Å². The SMILES string of the molecule is Cc1ccc2nc(N(/N=C/c3ccccc3)C(=O)c3ccc(Br)s3)sc2c1. The molecule has 0 atom stereocenters. The van der Waals surface area contributed by atoms with E-state index in [9.17, 15) is 4.79 Å². The number of amides is 1. The summed E-state index contributed by atoms with van der Waals surface area (Å²) in [5.74, 6) is -0.200. The third-order valence-corrected chi connectivity index (χ3v) is 6.42. The maximum absolute atomic E-state index is 13.1. The number of rotatable bonds is 4. The summed E-state index contributed by atoms with van der Waals surface area (Å²) in [6, 6.07) is 19.4. The van der Waals surface area contributed by atoms with Crippen molar-refractivity contribution in [1.29, 1.82) is 0 Å². The van der Waals surface area contributed by atoms with Crippen LogP contribution in [0.1, 0.15) is 20.8 Å². The fraction of sp³-hybridized carbons (Fsp3) is 0.0500. The van der Waals surface area contributed by atoms with Crippen LogP contribution in [0.15, 0.2) is 69.6 Å². The number of thiazole rings is 1. The lowest BCUT2D eigenvalue weighted by atomic mass is 10.2. The van der Waals surface area contributed by atoms with Crippen molar-refractivity contribution in [3.8, 4) is 0 Å². The molecule has 134 valence electrons. The fourth-order valence-electron chi connectivity index (χ4n) is 2.50. The van der Waals surface area contributed by atoms with E-state index >= 15 is 0 Å². The number of thiophene rings is 1. The van der Waals surface area contributed by atoms with Crippen molar-refractivity contribution < 1.29 is 4.79 Å². The van der Waals surface area contributed by atoms with Crippen LogP contribution in [0.5, 0.6) is 0 Å². The molecule has 4 aromatic rings. The van der Waals surface area contributed by atoms with Gasteiger partial charge in [0.15, 0.2) is 0 Å². The third kappa shape index (κ3) is 4.00. The van der Waals surface area contributed by atoms with Gasteiger partial charge in [0.25, 0.3) is 5.91 Å². The van der Waals surface area contributed by atoms with E-state index in [0.717, 1.165) is 25.1 Å². The summed E-state index contributed by atoms with van der Waals surface area (Å²) in [5, 5.41) is 6.40. The van der Waals surface area contributed by atoms with E-state index in [-0.39, 0.29) is 5.91 Å². The van der Waals surface area contributed by atoms with Crippen LogP contribution in [0.3, 0.4) is 0 Å². The molecule has 4 rings (SSSR count). The molecule has 0 bridgehead atoms. The number of halogens is 1. The number of fused-ring (bicyclic) bond motifs is 1. The predicted molar refractivity (Wildman–Crippen MR) is 117 cm³/mol. The van der Waals surface area contributed by atoms with E-state index in [0.29, 0.717) is 10.0 Å². The second-order valence-corrected chi connectivity index (χ2v) is 9.32. The van der Waals surface area contributed by atoms with Crippen molar-refractivity contribution >= 4 is 66.1 Å². The normalized spacial score (nSPS) is 11.3. The number of anilines is 1. The van der Waals surface area contributed by atoms with Gasteiger partial charge in [0.2, 0.25) is 5.13 Å². The molecule has 1 amide bonds. The zero-order valence-corrected chi connectivity index (χ0v) is 17.5. The van der Waals surface area contributed by atoms with Gasteiger partial charge in [-0.2, -0.15) is 10.1 Å². The molecule has 0 fully saturated rings. The molecular formula is C20H14BrN3OS2. The number of hydrazone groups is 1.